The number of allylic oxidation sites excluding steroid dienone is 4. The molecule has 0 aromatic heterocycles. The second-order valence-corrected chi connectivity index (χ2v) is 11.3. The summed E-state index contributed by atoms with van der Waals surface area (Å²) >= 11 is 0. The van der Waals surface area contributed by atoms with Gasteiger partial charge in [-0.05, 0) is 62.9 Å². The van der Waals surface area contributed by atoms with Gasteiger partial charge in [-0.2, -0.15) is 0 Å². The molecule has 0 radical (unpaired) electrons. The molecular formula is C31H52N3+. The van der Waals surface area contributed by atoms with E-state index in [1.165, 1.54) is 101 Å². The van der Waals surface area contributed by atoms with Crippen LogP contribution in [0.15, 0.2) is 41.6 Å². The fourth-order valence-corrected chi connectivity index (χ4v) is 6.72. The van der Waals surface area contributed by atoms with E-state index in [0.29, 0.717) is 6.04 Å². The van der Waals surface area contributed by atoms with E-state index in [2.05, 4.69) is 56.5 Å². The number of hydrogen-bond acceptors (Lipinski definition) is 2. The van der Waals surface area contributed by atoms with Crippen LogP contribution < -0.4 is 0 Å². The van der Waals surface area contributed by atoms with Gasteiger partial charge in [0.05, 0.1) is 6.04 Å². The fraction of sp³-hybridized carbons (Fsp3) is 0.742. The van der Waals surface area contributed by atoms with Gasteiger partial charge in [-0.1, -0.05) is 58.3 Å². The Morgan fingerprint density at radius 3 is 2.29 bits per heavy atom. The summed E-state index contributed by atoms with van der Waals surface area (Å²) in [7, 11) is 2.32. The molecule has 3 fully saturated rings. The van der Waals surface area contributed by atoms with E-state index in [0.717, 1.165) is 29.5 Å². The van der Waals surface area contributed by atoms with E-state index in [1.54, 1.807) is 6.08 Å². The predicted octanol–water partition coefficient (Wildman–Crippen LogP) is 7.58. The molecular weight excluding hydrogens is 414 g/mol. The van der Waals surface area contributed by atoms with E-state index in [4.69, 9.17) is 4.99 Å². The maximum Gasteiger partial charge on any atom is 0.174 e. The van der Waals surface area contributed by atoms with Gasteiger partial charge in [0.1, 0.15) is 7.05 Å². The summed E-state index contributed by atoms with van der Waals surface area (Å²) in [6.07, 6.45) is 23.8. The Bertz CT molecular complexity index is 762. The Hall–Kier alpha value is -1.64. The maximum absolute atomic E-state index is 4.83. The highest BCUT2D eigenvalue weighted by molar-refractivity contribution is 5.89. The van der Waals surface area contributed by atoms with Crippen molar-refractivity contribution in [3.05, 3.63) is 36.6 Å². The van der Waals surface area contributed by atoms with Crippen molar-refractivity contribution in [1.29, 1.82) is 0 Å². The summed E-state index contributed by atoms with van der Waals surface area (Å²) in [6, 6.07) is 1.93. The van der Waals surface area contributed by atoms with Gasteiger partial charge in [-0.25, -0.2) is 4.58 Å². The van der Waals surface area contributed by atoms with E-state index in [1.807, 2.05) is 6.21 Å². The second kappa shape index (κ2) is 13.4. The standard InChI is InChI=1S/C31H52N3/c1-7-24(3)23-32-31-22-27(30(31)8-2)19-20-34(29-17-13-10-14-18-29)26(5)21-25(4)33(6)28-15-11-9-12-16-28/h7,21,23,27-31H,1,3,8-20,22H2,2,4-6H3/q+1/b32-23+. The zero-order chi connectivity index (χ0) is 24.5. The average molecular weight is 467 g/mol. The molecule has 3 aliphatic carbocycles. The number of aliphatic imine (C=N–C) groups is 1. The molecule has 34 heavy (non-hydrogen) atoms. The molecule has 0 amide bonds. The van der Waals surface area contributed by atoms with E-state index >= 15 is 0 Å². The second-order valence-electron chi connectivity index (χ2n) is 11.3. The third kappa shape index (κ3) is 7.18. The molecule has 3 saturated carbocycles. The van der Waals surface area contributed by atoms with Gasteiger partial charge in [0.25, 0.3) is 0 Å². The summed E-state index contributed by atoms with van der Waals surface area (Å²) < 4.78 is 2.57. The highest BCUT2D eigenvalue weighted by Gasteiger charge is 2.39. The van der Waals surface area contributed by atoms with Gasteiger partial charge >= 0.3 is 0 Å². The molecule has 0 aliphatic heterocycles. The highest BCUT2D eigenvalue weighted by atomic mass is 15.2. The Balaban J connectivity index is 1.66. The monoisotopic (exact) mass is 466 g/mol. The first kappa shape index (κ1) is 27.0. The quantitative estimate of drug-likeness (QED) is 0.174. The molecule has 0 heterocycles. The molecule has 3 heteroatoms. The number of nitrogens with zero attached hydrogens (tertiary/aromatic N) is 3. The van der Waals surface area contributed by atoms with Crippen molar-refractivity contribution in [1.82, 2.24) is 4.90 Å². The van der Waals surface area contributed by atoms with E-state index < -0.39 is 0 Å². The zero-order valence-corrected chi connectivity index (χ0v) is 22.8. The fourth-order valence-electron chi connectivity index (χ4n) is 6.72. The molecule has 0 aromatic carbocycles. The van der Waals surface area contributed by atoms with Crippen LogP contribution in [0.5, 0.6) is 0 Å². The van der Waals surface area contributed by atoms with Gasteiger partial charge in [-0.15, -0.1) is 0 Å². The molecule has 3 atom stereocenters. The van der Waals surface area contributed by atoms with Crippen molar-refractivity contribution in [3.8, 4) is 0 Å². The van der Waals surface area contributed by atoms with Gasteiger partial charge in [0.2, 0.25) is 0 Å². The minimum atomic E-state index is 0.478. The molecule has 0 N–H and O–H groups in total. The Morgan fingerprint density at radius 1 is 1.03 bits per heavy atom. The van der Waals surface area contributed by atoms with Crippen LogP contribution in [-0.4, -0.2) is 53.1 Å². The van der Waals surface area contributed by atoms with Crippen molar-refractivity contribution in [3.63, 3.8) is 0 Å². The summed E-state index contributed by atoms with van der Waals surface area (Å²) in [5, 5.41) is 0. The first-order valence-corrected chi connectivity index (χ1v) is 14.3. The van der Waals surface area contributed by atoms with Crippen LogP contribution in [0.2, 0.25) is 0 Å². The highest BCUT2D eigenvalue weighted by Crippen LogP contribution is 2.42. The topological polar surface area (TPSA) is 18.6 Å². The lowest BCUT2D eigenvalue weighted by Crippen LogP contribution is -2.43. The Kier molecular flexibility index (Phi) is 10.7. The van der Waals surface area contributed by atoms with E-state index in [-0.39, 0.29) is 0 Å². The lowest BCUT2D eigenvalue weighted by Gasteiger charge is -2.44. The molecule has 0 bridgehead atoms. The normalized spacial score (nSPS) is 27.9. The van der Waals surface area contributed by atoms with Crippen molar-refractivity contribution >= 4 is 11.9 Å². The zero-order valence-electron chi connectivity index (χ0n) is 22.8. The molecule has 0 aromatic rings. The minimum absolute atomic E-state index is 0.478. The molecule has 3 aliphatic rings. The molecule has 3 nitrogen and oxygen atoms in total. The molecule has 190 valence electrons. The van der Waals surface area contributed by atoms with Crippen LogP contribution in [0, 0.1) is 11.8 Å². The van der Waals surface area contributed by atoms with Gasteiger partial charge < -0.3 is 4.90 Å². The summed E-state index contributed by atoms with van der Waals surface area (Å²) in [4.78, 5) is 7.62. The van der Waals surface area contributed by atoms with Crippen LogP contribution >= 0.6 is 0 Å². The summed E-state index contributed by atoms with van der Waals surface area (Å²) in [5.41, 5.74) is 3.85. The van der Waals surface area contributed by atoms with Crippen molar-refractivity contribution in [2.24, 2.45) is 16.8 Å². The number of hydrogen-bond donors (Lipinski definition) is 0. The van der Waals surface area contributed by atoms with Gasteiger partial charge in [-0.3, -0.25) is 4.99 Å². The molecule has 3 unspecified atom stereocenters. The average Bonchev–Trinajstić information content (AvgIpc) is 2.85. The third-order valence-electron chi connectivity index (χ3n) is 9.12. The minimum Gasteiger partial charge on any atom is -0.372 e. The first-order valence-electron chi connectivity index (χ1n) is 14.3. The van der Waals surface area contributed by atoms with E-state index in [9.17, 15) is 0 Å². The molecule has 3 rings (SSSR count). The summed E-state index contributed by atoms with van der Waals surface area (Å²) in [6.45, 7) is 16.0. The molecule has 0 spiro atoms. The smallest absolute Gasteiger partial charge is 0.174 e. The summed E-state index contributed by atoms with van der Waals surface area (Å²) in [5.74, 6) is 1.52. The van der Waals surface area contributed by atoms with Crippen molar-refractivity contribution in [2.75, 3.05) is 13.6 Å². The van der Waals surface area contributed by atoms with Crippen LogP contribution in [-0.2, 0) is 0 Å². The van der Waals surface area contributed by atoms with Crippen LogP contribution in [0.25, 0.3) is 0 Å². The van der Waals surface area contributed by atoms with Crippen molar-refractivity contribution < 1.29 is 4.58 Å². The Labute approximate surface area is 210 Å². The largest absolute Gasteiger partial charge is 0.372 e. The SMILES string of the molecule is C=CC(=C)/C=N/C1CC(CCN(/C(C)=C\C(C)=[N+](/C)C2CCCCC2)C2CCCCC2)C1CC. The Morgan fingerprint density at radius 2 is 1.68 bits per heavy atom. The van der Waals surface area contributed by atoms with Crippen LogP contribution in [0.3, 0.4) is 0 Å². The van der Waals surface area contributed by atoms with Crippen molar-refractivity contribution in [2.45, 2.75) is 122 Å². The lowest BCUT2D eigenvalue weighted by atomic mass is 9.66. The maximum atomic E-state index is 4.83. The van der Waals surface area contributed by atoms with Crippen LogP contribution in [0.4, 0.5) is 0 Å². The van der Waals surface area contributed by atoms with Gasteiger partial charge in [0, 0.05) is 50.3 Å². The first-order chi connectivity index (χ1) is 16.4. The van der Waals surface area contributed by atoms with Crippen LogP contribution in [0.1, 0.15) is 104 Å². The third-order valence-corrected chi connectivity index (χ3v) is 9.12. The predicted molar refractivity (Wildman–Crippen MR) is 149 cm³/mol. The lowest BCUT2D eigenvalue weighted by molar-refractivity contribution is -0.541. The van der Waals surface area contributed by atoms with Gasteiger partial charge in [0.15, 0.2) is 11.8 Å². The molecule has 0 saturated heterocycles. The number of rotatable bonds is 11.